The summed E-state index contributed by atoms with van der Waals surface area (Å²) >= 11 is 0. The van der Waals surface area contributed by atoms with Crippen molar-refractivity contribution >= 4 is 34.1 Å². The topological polar surface area (TPSA) is 102 Å². The molecule has 0 fully saturated rings. The number of aryl methyl sites for hydroxylation is 1. The summed E-state index contributed by atoms with van der Waals surface area (Å²) in [5.41, 5.74) is 0.681. The van der Waals surface area contributed by atoms with Crippen molar-refractivity contribution in [3.8, 4) is 0 Å². The van der Waals surface area contributed by atoms with Crippen molar-refractivity contribution in [2.24, 2.45) is 0 Å². The number of fused-ring (bicyclic) bond motifs is 1. The summed E-state index contributed by atoms with van der Waals surface area (Å²) in [6.45, 7) is 1.37. The first-order chi connectivity index (χ1) is 17.8. The summed E-state index contributed by atoms with van der Waals surface area (Å²) in [5, 5.41) is 5.71. The summed E-state index contributed by atoms with van der Waals surface area (Å²) < 4.78 is 16.2. The van der Waals surface area contributed by atoms with Crippen LogP contribution in [0.4, 0.5) is 15.8 Å². The molecule has 0 unspecified atom stereocenters. The SMILES string of the molecule is Cc1ccc(NC(=O)Cn2c(=O)n(CCCCC(=O)Nc3ccccc3)c(=O)c3ccccc32)cc1F. The number of carbonyl (C=O) groups excluding carboxylic acids is 2. The highest BCUT2D eigenvalue weighted by Gasteiger charge is 2.16. The molecule has 0 saturated heterocycles. The minimum Gasteiger partial charge on any atom is -0.326 e. The molecule has 0 radical (unpaired) electrons. The molecule has 4 aromatic rings. The van der Waals surface area contributed by atoms with Gasteiger partial charge in [-0.15, -0.1) is 0 Å². The van der Waals surface area contributed by atoms with E-state index in [0.717, 1.165) is 4.57 Å². The second kappa shape index (κ2) is 11.5. The largest absolute Gasteiger partial charge is 0.331 e. The molecule has 4 rings (SSSR count). The molecule has 1 heterocycles. The standard InChI is InChI=1S/C28H27FN4O4/c1-19-14-15-21(17-23(19)29)31-26(35)18-33-24-12-6-5-11-22(24)27(36)32(28(33)37)16-8-7-13-25(34)30-20-9-3-2-4-10-20/h2-6,9-12,14-15,17H,7-8,13,16,18H2,1H3,(H,30,34)(H,31,35). The van der Waals surface area contributed by atoms with Gasteiger partial charge < -0.3 is 10.6 Å². The fraction of sp³-hybridized carbons (Fsp3) is 0.214. The van der Waals surface area contributed by atoms with Gasteiger partial charge in [0.15, 0.2) is 0 Å². The van der Waals surface area contributed by atoms with Crippen LogP contribution in [0.25, 0.3) is 10.9 Å². The molecule has 1 aromatic heterocycles. The molecule has 0 atom stereocenters. The predicted molar refractivity (Wildman–Crippen MR) is 141 cm³/mol. The van der Waals surface area contributed by atoms with E-state index in [4.69, 9.17) is 0 Å². The van der Waals surface area contributed by atoms with Crippen molar-refractivity contribution in [3.05, 3.63) is 105 Å². The molecule has 37 heavy (non-hydrogen) atoms. The molecule has 0 aliphatic heterocycles. The molecular formula is C28H27FN4O4. The third-order valence-corrected chi connectivity index (χ3v) is 5.98. The summed E-state index contributed by atoms with van der Waals surface area (Å²) in [6.07, 6.45) is 1.13. The zero-order valence-corrected chi connectivity index (χ0v) is 20.4. The van der Waals surface area contributed by atoms with E-state index in [1.165, 1.54) is 10.6 Å². The van der Waals surface area contributed by atoms with Crippen LogP contribution in [0.15, 0.2) is 82.4 Å². The monoisotopic (exact) mass is 502 g/mol. The fourth-order valence-electron chi connectivity index (χ4n) is 4.04. The Morgan fingerprint density at radius 2 is 1.51 bits per heavy atom. The van der Waals surface area contributed by atoms with E-state index >= 15 is 0 Å². The predicted octanol–water partition coefficient (Wildman–Crippen LogP) is 4.06. The van der Waals surface area contributed by atoms with Crippen LogP contribution in [0.3, 0.4) is 0 Å². The summed E-state index contributed by atoms with van der Waals surface area (Å²) in [6, 6.07) is 20.0. The quantitative estimate of drug-likeness (QED) is 0.337. The second-order valence-corrected chi connectivity index (χ2v) is 8.73. The van der Waals surface area contributed by atoms with Crippen molar-refractivity contribution in [2.45, 2.75) is 39.3 Å². The number of nitrogens with one attached hydrogen (secondary N) is 2. The number of hydrogen-bond donors (Lipinski definition) is 2. The molecule has 0 saturated carbocycles. The van der Waals surface area contributed by atoms with Crippen molar-refractivity contribution in [3.63, 3.8) is 0 Å². The Morgan fingerprint density at radius 3 is 2.27 bits per heavy atom. The Morgan fingerprint density at radius 1 is 0.811 bits per heavy atom. The van der Waals surface area contributed by atoms with Gasteiger partial charge in [-0.1, -0.05) is 36.4 Å². The first kappa shape index (κ1) is 25.6. The molecular weight excluding hydrogens is 475 g/mol. The average Bonchev–Trinajstić information content (AvgIpc) is 2.89. The van der Waals surface area contributed by atoms with Crippen molar-refractivity contribution in [1.29, 1.82) is 0 Å². The molecule has 3 aromatic carbocycles. The van der Waals surface area contributed by atoms with Crippen molar-refractivity contribution < 1.29 is 14.0 Å². The normalized spacial score (nSPS) is 10.9. The van der Waals surface area contributed by atoms with Gasteiger partial charge in [-0.3, -0.25) is 23.5 Å². The van der Waals surface area contributed by atoms with E-state index in [0.29, 0.717) is 35.0 Å². The molecule has 190 valence electrons. The number of rotatable bonds is 9. The van der Waals surface area contributed by atoms with Gasteiger partial charge in [-0.25, -0.2) is 9.18 Å². The molecule has 0 aliphatic carbocycles. The van der Waals surface area contributed by atoms with E-state index in [2.05, 4.69) is 10.6 Å². The lowest BCUT2D eigenvalue weighted by molar-refractivity contribution is -0.117. The minimum absolute atomic E-state index is 0.103. The highest BCUT2D eigenvalue weighted by molar-refractivity contribution is 5.92. The molecule has 0 aliphatic rings. The van der Waals surface area contributed by atoms with Gasteiger partial charge in [-0.2, -0.15) is 0 Å². The number of anilines is 2. The van der Waals surface area contributed by atoms with Crippen molar-refractivity contribution in [2.75, 3.05) is 10.6 Å². The molecule has 0 spiro atoms. The number of amides is 2. The van der Waals surface area contributed by atoms with Crippen molar-refractivity contribution in [1.82, 2.24) is 9.13 Å². The lowest BCUT2D eigenvalue weighted by atomic mass is 10.2. The molecule has 0 bridgehead atoms. The number of para-hydroxylation sites is 2. The van der Waals surface area contributed by atoms with Gasteiger partial charge in [0.05, 0.1) is 10.9 Å². The highest BCUT2D eigenvalue weighted by Crippen LogP contribution is 2.14. The first-order valence-corrected chi connectivity index (χ1v) is 12.0. The lowest BCUT2D eigenvalue weighted by Crippen LogP contribution is -2.41. The number of unbranched alkanes of at least 4 members (excludes halogenated alkanes) is 1. The summed E-state index contributed by atoms with van der Waals surface area (Å²) in [4.78, 5) is 51.2. The number of aromatic nitrogens is 2. The Balaban J connectivity index is 1.48. The van der Waals surface area contributed by atoms with Gasteiger partial charge in [0.25, 0.3) is 5.56 Å². The number of carbonyl (C=O) groups is 2. The van der Waals surface area contributed by atoms with Crippen LogP contribution in [-0.2, 0) is 22.7 Å². The Bertz CT molecular complexity index is 1560. The maximum atomic E-state index is 13.9. The van der Waals surface area contributed by atoms with E-state index < -0.39 is 23.0 Å². The fourth-order valence-corrected chi connectivity index (χ4v) is 4.04. The van der Waals surface area contributed by atoms with Gasteiger partial charge in [0.2, 0.25) is 11.8 Å². The van der Waals surface area contributed by atoms with Crippen LogP contribution in [0.5, 0.6) is 0 Å². The number of benzene rings is 3. The summed E-state index contributed by atoms with van der Waals surface area (Å²) in [7, 11) is 0. The van der Waals surface area contributed by atoms with E-state index in [1.54, 1.807) is 55.5 Å². The first-order valence-electron chi connectivity index (χ1n) is 12.0. The Labute approximate surface area is 212 Å². The van der Waals surface area contributed by atoms with E-state index in [1.807, 2.05) is 18.2 Å². The van der Waals surface area contributed by atoms with Gasteiger partial charge in [0, 0.05) is 24.3 Å². The zero-order chi connectivity index (χ0) is 26.4. The number of halogens is 1. The average molecular weight is 503 g/mol. The zero-order valence-electron chi connectivity index (χ0n) is 20.4. The molecule has 2 N–H and O–H groups in total. The molecule has 8 nitrogen and oxygen atoms in total. The second-order valence-electron chi connectivity index (χ2n) is 8.73. The van der Waals surface area contributed by atoms with Crippen LogP contribution in [0.2, 0.25) is 0 Å². The van der Waals surface area contributed by atoms with Gasteiger partial charge >= 0.3 is 5.69 Å². The van der Waals surface area contributed by atoms with E-state index in [-0.39, 0.29) is 31.1 Å². The van der Waals surface area contributed by atoms with Crippen LogP contribution in [0.1, 0.15) is 24.8 Å². The van der Waals surface area contributed by atoms with Gasteiger partial charge in [-0.05, 0) is 61.7 Å². The maximum absolute atomic E-state index is 13.9. The third kappa shape index (κ3) is 6.19. The van der Waals surface area contributed by atoms with Crippen LogP contribution < -0.4 is 21.9 Å². The molecule has 2 amide bonds. The highest BCUT2D eigenvalue weighted by atomic mass is 19.1. The third-order valence-electron chi connectivity index (χ3n) is 5.98. The van der Waals surface area contributed by atoms with Crippen LogP contribution in [0, 0.1) is 12.7 Å². The Kier molecular flexibility index (Phi) is 7.92. The van der Waals surface area contributed by atoms with E-state index in [9.17, 15) is 23.6 Å². The number of hydrogen-bond acceptors (Lipinski definition) is 4. The summed E-state index contributed by atoms with van der Waals surface area (Å²) in [5.74, 6) is -1.14. The van der Waals surface area contributed by atoms with Crippen LogP contribution in [-0.4, -0.2) is 20.9 Å². The van der Waals surface area contributed by atoms with Gasteiger partial charge in [0.1, 0.15) is 12.4 Å². The Hall–Kier alpha value is -4.53. The number of nitrogens with zero attached hydrogens (tertiary/aromatic N) is 2. The smallest absolute Gasteiger partial charge is 0.326 e. The van der Waals surface area contributed by atoms with Crippen LogP contribution >= 0.6 is 0 Å². The molecule has 9 heteroatoms. The lowest BCUT2D eigenvalue weighted by Gasteiger charge is -2.14. The maximum Gasteiger partial charge on any atom is 0.331 e. The minimum atomic E-state index is -0.623.